The van der Waals surface area contributed by atoms with Gasteiger partial charge in [-0.1, -0.05) is 17.8 Å². The highest BCUT2D eigenvalue weighted by molar-refractivity contribution is 7.99. The van der Waals surface area contributed by atoms with Crippen molar-refractivity contribution in [2.75, 3.05) is 19.5 Å². The van der Waals surface area contributed by atoms with Crippen LogP contribution in [0.1, 0.15) is 5.56 Å². The predicted octanol–water partition coefficient (Wildman–Crippen LogP) is 1.20. The summed E-state index contributed by atoms with van der Waals surface area (Å²) >= 11 is 1.32. The third-order valence-corrected chi connectivity index (χ3v) is 3.89. The van der Waals surface area contributed by atoms with Crippen LogP contribution in [0.15, 0.2) is 52.7 Å². The van der Waals surface area contributed by atoms with Gasteiger partial charge in [-0.15, -0.1) is 0 Å². The van der Waals surface area contributed by atoms with E-state index in [0.717, 1.165) is 5.03 Å². The lowest BCUT2D eigenvalue weighted by molar-refractivity contribution is -0.120. The summed E-state index contributed by atoms with van der Waals surface area (Å²) in [6.07, 6.45) is 3.15. The number of rotatable bonds is 9. The normalized spacial score (nSPS) is 10.5. The molecule has 3 N–H and O–H groups in total. The molecule has 2 amide bonds. The summed E-state index contributed by atoms with van der Waals surface area (Å²) in [5.74, 6) is 0.193. The molecular weight excluding hydrogens is 356 g/mol. The van der Waals surface area contributed by atoms with E-state index in [1.165, 1.54) is 25.1 Å². The number of nitrogens with zero attached hydrogens (tertiary/aromatic N) is 2. The number of hydrazone groups is 1. The van der Waals surface area contributed by atoms with Crippen molar-refractivity contribution in [1.29, 1.82) is 0 Å². The molecule has 0 saturated carbocycles. The van der Waals surface area contributed by atoms with Crippen LogP contribution in [0.25, 0.3) is 0 Å². The highest BCUT2D eigenvalue weighted by Gasteiger charge is 2.07. The van der Waals surface area contributed by atoms with E-state index in [0.29, 0.717) is 17.1 Å². The van der Waals surface area contributed by atoms with Crippen molar-refractivity contribution in [3.8, 4) is 11.5 Å². The molecule has 0 bridgehead atoms. The van der Waals surface area contributed by atoms with E-state index < -0.39 is 5.91 Å². The number of nitrogens with one attached hydrogen (secondary N) is 1. The Morgan fingerprint density at radius 3 is 2.85 bits per heavy atom. The van der Waals surface area contributed by atoms with Crippen LogP contribution in [0.4, 0.5) is 0 Å². The zero-order valence-corrected chi connectivity index (χ0v) is 14.9. The fourth-order valence-electron chi connectivity index (χ4n) is 1.82. The largest absolute Gasteiger partial charge is 0.493 e. The van der Waals surface area contributed by atoms with Crippen molar-refractivity contribution >= 4 is 29.8 Å². The summed E-state index contributed by atoms with van der Waals surface area (Å²) in [5, 5.41) is 4.67. The zero-order chi connectivity index (χ0) is 18.8. The van der Waals surface area contributed by atoms with Crippen molar-refractivity contribution in [2.45, 2.75) is 5.03 Å². The van der Waals surface area contributed by atoms with Crippen LogP contribution in [0.2, 0.25) is 0 Å². The van der Waals surface area contributed by atoms with Gasteiger partial charge in [-0.2, -0.15) is 5.10 Å². The van der Waals surface area contributed by atoms with Crippen LogP contribution in [-0.4, -0.2) is 42.5 Å². The average Bonchev–Trinajstić information content (AvgIpc) is 2.66. The SMILES string of the molecule is COc1cc(/C=N\NC(=O)CSc2ccccn2)ccc1OCC(N)=O. The Kier molecular flexibility index (Phi) is 7.44. The number of hydrogen-bond acceptors (Lipinski definition) is 7. The molecular formula is C17H18N4O4S. The molecule has 1 aromatic carbocycles. The zero-order valence-electron chi connectivity index (χ0n) is 14.0. The second-order valence-corrected chi connectivity index (χ2v) is 5.91. The molecule has 136 valence electrons. The summed E-state index contributed by atoms with van der Waals surface area (Å²) < 4.78 is 10.4. The van der Waals surface area contributed by atoms with E-state index >= 15 is 0 Å². The van der Waals surface area contributed by atoms with Crippen molar-refractivity contribution in [3.63, 3.8) is 0 Å². The summed E-state index contributed by atoms with van der Waals surface area (Å²) in [7, 11) is 1.48. The molecule has 26 heavy (non-hydrogen) atoms. The topological polar surface area (TPSA) is 116 Å². The van der Waals surface area contributed by atoms with Gasteiger partial charge in [0, 0.05) is 6.20 Å². The maximum Gasteiger partial charge on any atom is 0.255 e. The van der Waals surface area contributed by atoms with Gasteiger partial charge in [0.05, 0.1) is 24.1 Å². The Bertz CT molecular complexity index is 784. The van der Waals surface area contributed by atoms with Crippen LogP contribution in [0, 0.1) is 0 Å². The van der Waals surface area contributed by atoms with Gasteiger partial charge in [0.15, 0.2) is 18.1 Å². The molecule has 0 aliphatic rings. The molecule has 0 saturated heterocycles. The van der Waals surface area contributed by atoms with Crippen molar-refractivity contribution < 1.29 is 19.1 Å². The molecule has 0 aliphatic heterocycles. The number of ether oxygens (including phenoxy) is 2. The van der Waals surface area contributed by atoms with Gasteiger partial charge in [0.1, 0.15) is 0 Å². The fourth-order valence-corrected chi connectivity index (χ4v) is 2.47. The minimum atomic E-state index is -0.580. The maximum absolute atomic E-state index is 11.8. The maximum atomic E-state index is 11.8. The average molecular weight is 374 g/mol. The van der Waals surface area contributed by atoms with Crippen molar-refractivity contribution in [2.24, 2.45) is 10.8 Å². The van der Waals surface area contributed by atoms with E-state index in [1.807, 2.05) is 18.2 Å². The quantitative estimate of drug-likeness (QED) is 0.387. The third-order valence-electron chi connectivity index (χ3n) is 2.95. The molecule has 1 heterocycles. The van der Waals surface area contributed by atoms with Crippen molar-refractivity contribution in [1.82, 2.24) is 10.4 Å². The highest BCUT2D eigenvalue weighted by Crippen LogP contribution is 2.27. The van der Waals surface area contributed by atoms with Gasteiger partial charge >= 0.3 is 0 Å². The van der Waals surface area contributed by atoms with E-state index in [-0.39, 0.29) is 18.3 Å². The number of methoxy groups -OCH3 is 1. The molecule has 0 atom stereocenters. The van der Waals surface area contributed by atoms with Crippen LogP contribution in [-0.2, 0) is 9.59 Å². The Labute approximate surface area is 154 Å². The Hall–Kier alpha value is -3.07. The standard InChI is InChI=1S/C17H18N4O4S/c1-24-14-8-12(5-6-13(14)25-10-15(18)22)9-20-21-16(23)11-26-17-4-2-3-7-19-17/h2-9H,10-11H2,1H3,(H2,18,22)(H,21,23)/b20-9-. The number of hydrogen-bond donors (Lipinski definition) is 2. The Balaban J connectivity index is 1.86. The first kappa shape index (κ1) is 19.3. The van der Waals surface area contributed by atoms with Gasteiger partial charge in [-0.05, 0) is 35.9 Å². The second kappa shape index (κ2) is 10.0. The van der Waals surface area contributed by atoms with Crippen LogP contribution in [0.3, 0.4) is 0 Å². The number of primary amides is 1. The Morgan fingerprint density at radius 2 is 2.15 bits per heavy atom. The second-order valence-electron chi connectivity index (χ2n) is 4.92. The third kappa shape index (κ3) is 6.44. The van der Waals surface area contributed by atoms with E-state index in [4.69, 9.17) is 15.2 Å². The number of carbonyl (C=O) groups is 2. The van der Waals surface area contributed by atoms with Crippen LogP contribution in [0.5, 0.6) is 11.5 Å². The minimum Gasteiger partial charge on any atom is -0.493 e. The van der Waals surface area contributed by atoms with Gasteiger partial charge in [0.2, 0.25) is 5.91 Å². The first-order valence-corrected chi connectivity index (χ1v) is 8.52. The molecule has 8 nitrogen and oxygen atoms in total. The number of pyridine rings is 1. The number of nitrogens with two attached hydrogens (primary N) is 1. The molecule has 0 unspecified atom stereocenters. The molecule has 0 fully saturated rings. The summed E-state index contributed by atoms with van der Waals surface area (Å²) in [4.78, 5) is 26.7. The van der Waals surface area contributed by atoms with Gasteiger partial charge in [0.25, 0.3) is 5.91 Å². The molecule has 2 aromatic rings. The van der Waals surface area contributed by atoms with Crippen LogP contribution >= 0.6 is 11.8 Å². The Morgan fingerprint density at radius 1 is 1.31 bits per heavy atom. The lowest BCUT2D eigenvalue weighted by atomic mass is 10.2. The molecule has 2 rings (SSSR count). The molecule has 0 aliphatic carbocycles. The first-order valence-electron chi connectivity index (χ1n) is 7.53. The molecule has 0 radical (unpaired) electrons. The minimum absolute atomic E-state index is 0.206. The monoisotopic (exact) mass is 374 g/mol. The van der Waals surface area contributed by atoms with E-state index in [1.54, 1.807) is 24.4 Å². The number of benzene rings is 1. The van der Waals surface area contributed by atoms with E-state index in [9.17, 15) is 9.59 Å². The predicted molar refractivity (Wildman–Crippen MR) is 98.4 cm³/mol. The molecule has 9 heteroatoms. The van der Waals surface area contributed by atoms with Crippen LogP contribution < -0.4 is 20.6 Å². The summed E-state index contributed by atoms with van der Waals surface area (Å²) in [6.45, 7) is -0.242. The lowest BCUT2D eigenvalue weighted by Crippen LogP contribution is -2.20. The van der Waals surface area contributed by atoms with E-state index in [2.05, 4.69) is 15.5 Å². The number of aromatic nitrogens is 1. The first-order chi connectivity index (χ1) is 12.6. The number of amides is 2. The van der Waals surface area contributed by atoms with Gasteiger partial charge < -0.3 is 15.2 Å². The van der Waals surface area contributed by atoms with Crippen molar-refractivity contribution in [3.05, 3.63) is 48.2 Å². The smallest absolute Gasteiger partial charge is 0.255 e. The summed E-state index contributed by atoms with van der Waals surface area (Å²) in [6, 6.07) is 10.5. The summed E-state index contributed by atoms with van der Waals surface area (Å²) in [5.41, 5.74) is 8.17. The number of thioether (sulfide) groups is 1. The lowest BCUT2D eigenvalue weighted by Gasteiger charge is -2.09. The van der Waals surface area contributed by atoms with Gasteiger partial charge in [-0.3, -0.25) is 9.59 Å². The molecule has 0 spiro atoms. The highest BCUT2D eigenvalue weighted by atomic mass is 32.2. The van der Waals surface area contributed by atoms with Gasteiger partial charge in [-0.25, -0.2) is 10.4 Å². The molecule has 1 aromatic heterocycles. The number of carbonyl (C=O) groups excluding carboxylic acids is 2. The fraction of sp³-hybridized carbons (Fsp3) is 0.176.